The lowest BCUT2D eigenvalue weighted by Crippen LogP contribution is -2.17. The van der Waals surface area contributed by atoms with Gasteiger partial charge in [0.2, 0.25) is 0 Å². The van der Waals surface area contributed by atoms with E-state index in [1.807, 2.05) is 0 Å². The number of nitrogens with one attached hydrogen (secondary N) is 1. The van der Waals surface area contributed by atoms with Gasteiger partial charge in [0, 0.05) is 13.1 Å². The van der Waals surface area contributed by atoms with Crippen LogP contribution in [0.25, 0.3) is 0 Å². The van der Waals surface area contributed by atoms with Gasteiger partial charge in [0.1, 0.15) is 0 Å². The summed E-state index contributed by atoms with van der Waals surface area (Å²) in [5.74, 6) is -0.159. The number of hydrogen-bond acceptors (Lipinski definition) is 2. The zero-order chi connectivity index (χ0) is 12.7. The number of rotatable bonds is 7. The molecule has 0 aliphatic rings. The molecule has 0 saturated carbocycles. The minimum absolute atomic E-state index is 0.172. The van der Waals surface area contributed by atoms with E-state index in [0.29, 0.717) is 12.5 Å². The van der Waals surface area contributed by atoms with Crippen molar-refractivity contribution in [1.29, 1.82) is 0 Å². The molecule has 1 aromatic carbocycles. The highest BCUT2D eigenvalue weighted by atomic mass is 16.4. The first kappa shape index (κ1) is 13.7. The molecule has 0 aliphatic carbocycles. The molecule has 17 heavy (non-hydrogen) atoms. The maximum absolute atomic E-state index is 10.3. The van der Waals surface area contributed by atoms with E-state index in [9.17, 15) is 4.79 Å². The average Bonchev–Trinajstić information content (AvgIpc) is 2.34. The summed E-state index contributed by atoms with van der Waals surface area (Å²) in [6.07, 6.45) is 1.32. The van der Waals surface area contributed by atoms with Crippen molar-refractivity contribution >= 4 is 5.97 Å². The molecule has 1 rings (SSSR count). The Labute approximate surface area is 103 Å². The van der Waals surface area contributed by atoms with Gasteiger partial charge >= 0.3 is 5.97 Å². The summed E-state index contributed by atoms with van der Waals surface area (Å²) in [7, 11) is 0. The molecule has 0 fully saturated rings. The molecule has 0 aliphatic heterocycles. The van der Waals surface area contributed by atoms with Gasteiger partial charge in [-0.3, -0.25) is 4.79 Å². The standard InChI is InChI=1S/C14H21NO2/c1-3-11(2)13-6-4-12(5-7-13)10-15-9-8-14(16)17/h4-7,11,15H,3,8-10H2,1-2H3,(H,16,17). The van der Waals surface area contributed by atoms with E-state index in [4.69, 9.17) is 5.11 Å². The Morgan fingerprint density at radius 1 is 1.35 bits per heavy atom. The van der Waals surface area contributed by atoms with Crippen molar-refractivity contribution in [2.45, 2.75) is 39.2 Å². The second-order valence-electron chi connectivity index (χ2n) is 4.37. The smallest absolute Gasteiger partial charge is 0.304 e. The summed E-state index contributed by atoms with van der Waals surface area (Å²) < 4.78 is 0. The van der Waals surface area contributed by atoms with Gasteiger partial charge in [-0.05, 0) is 23.5 Å². The van der Waals surface area contributed by atoms with Gasteiger partial charge in [0.25, 0.3) is 0 Å². The number of aliphatic carboxylic acids is 1. The van der Waals surface area contributed by atoms with Crippen LogP contribution in [0.2, 0.25) is 0 Å². The van der Waals surface area contributed by atoms with Crippen molar-refractivity contribution in [3.05, 3.63) is 35.4 Å². The van der Waals surface area contributed by atoms with Crippen LogP contribution in [0, 0.1) is 0 Å². The Bertz CT molecular complexity index is 346. The topological polar surface area (TPSA) is 49.3 Å². The van der Waals surface area contributed by atoms with Gasteiger partial charge in [0.15, 0.2) is 0 Å². The van der Waals surface area contributed by atoms with Crippen molar-refractivity contribution < 1.29 is 9.90 Å². The van der Waals surface area contributed by atoms with Crippen LogP contribution in [0.5, 0.6) is 0 Å². The van der Waals surface area contributed by atoms with Crippen molar-refractivity contribution in [3.63, 3.8) is 0 Å². The van der Waals surface area contributed by atoms with Crippen LogP contribution in [0.1, 0.15) is 43.7 Å². The molecule has 0 bridgehead atoms. The molecule has 2 N–H and O–H groups in total. The highest BCUT2D eigenvalue weighted by Gasteiger charge is 2.02. The minimum atomic E-state index is -0.760. The minimum Gasteiger partial charge on any atom is -0.481 e. The fraction of sp³-hybridized carbons (Fsp3) is 0.500. The zero-order valence-electron chi connectivity index (χ0n) is 10.6. The number of carboxylic acids is 1. The maximum atomic E-state index is 10.3. The molecule has 0 saturated heterocycles. The van der Waals surface area contributed by atoms with E-state index in [1.165, 1.54) is 11.1 Å². The number of carboxylic acid groups (broad SMARTS) is 1. The molecule has 0 spiro atoms. The molecular formula is C14H21NO2. The highest BCUT2D eigenvalue weighted by molar-refractivity contribution is 5.66. The Balaban J connectivity index is 2.38. The summed E-state index contributed by atoms with van der Waals surface area (Å²) in [6, 6.07) is 8.52. The molecule has 3 nitrogen and oxygen atoms in total. The third-order valence-corrected chi connectivity index (χ3v) is 3.01. The van der Waals surface area contributed by atoms with Crippen LogP contribution in [0.15, 0.2) is 24.3 Å². The van der Waals surface area contributed by atoms with Crippen molar-refractivity contribution in [1.82, 2.24) is 5.32 Å². The van der Waals surface area contributed by atoms with Crippen molar-refractivity contribution in [2.75, 3.05) is 6.54 Å². The lowest BCUT2D eigenvalue weighted by molar-refractivity contribution is -0.136. The van der Waals surface area contributed by atoms with Crippen LogP contribution in [0.3, 0.4) is 0 Å². The molecule has 3 heteroatoms. The molecule has 0 amide bonds. The predicted molar refractivity (Wildman–Crippen MR) is 69.1 cm³/mol. The maximum Gasteiger partial charge on any atom is 0.304 e. The molecule has 1 aromatic rings. The SMILES string of the molecule is CCC(C)c1ccc(CNCCC(=O)O)cc1. The summed E-state index contributed by atoms with van der Waals surface area (Å²) in [6.45, 7) is 5.66. The molecule has 1 atom stereocenters. The predicted octanol–water partition coefficient (Wildman–Crippen LogP) is 2.76. The number of carbonyl (C=O) groups is 1. The second-order valence-corrected chi connectivity index (χ2v) is 4.37. The van der Waals surface area contributed by atoms with Crippen LogP contribution in [0.4, 0.5) is 0 Å². The molecule has 1 unspecified atom stereocenters. The van der Waals surface area contributed by atoms with E-state index in [0.717, 1.165) is 13.0 Å². The number of benzene rings is 1. The zero-order valence-corrected chi connectivity index (χ0v) is 10.6. The Kier molecular flexibility index (Phi) is 5.70. The first-order valence-electron chi connectivity index (χ1n) is 6.14. The molecule has 0 aromatic heterocycles. The largest absolute Gasteiger partial charge is 0.481 e. The fourth-order valence-corrected chi connectivity index (χ4v) is 1.63. The third kappa shape index (κ3) is 5.00. The lowest BCUT2D eigenvalue weighted by Gasteiger charge is -2.10. The van der Waals surface area contributed by atoms with E-state index < -0.39 is 5.97 Å². The first-order chi connectivity index (χ1) is 8.13. The monoisotopic (exact) mass is 235 g/mol. The van der Waals surface area contributed by atoms with Crippen LogP contribution < -0.4 is 5.32 Å². The van der Waals surface area contributed by atoms with Crippen LogP contribution in [-0.4, -0.2) is 17.6 Å². The Morgan fingerprint density at radius 2 is 2.00 bits per heavy atom. The summed E-state index contributed by atoms with van der Waals surface area (Å²) in [5.41, 5.74) is 2.56. The van der Waals surface area contributed by atoms with Gasteiger partial charge in [-0.1, -0.05) is 38.1 Å². The first-order valence-corrected chi connectivity index (χ1v) is 6.14. The quantitative estimate of drug-likeness (QED) is 0.714. The Hall–Kier alpha value is -1.35. The van der Waals surface area contributed by atoms with Gasteiger partial charge in [0.05, 0.1) is 6.42 Å². The van der Waals surface area contributed by atoms with Gasteiger partial charge in [-0.25, -0.2) is 0 Å². The highest BCUT2D eigenvalue weighted by Crippen LogP contribution is 2.18. The second kappa shape index (κ2) is 7.07. The van der Waals surface area contributed by atoms with Gasteiger partial charge < -0.3 is 10.4 Å². The number of hydrogen-bond donors (Lipinski definition) is 2. The van der Waals surface area contributed by atoms with E-state index >= 15 is 0 Å². The summed E-state index contributed by atoms with van der Waals surface area (Å²) in [5, 5.41) is 11.6. The molecule has 94 valence electrons. The van der Waals surface area contributed by atoms with Crippen LogP contribution in [-0.2, 0) is 11.3 Å². The van der Waals surface area contributed by atoms with Crippen molar-refractivity contribution in [3.8, 4) is 0 Å². The summed E-state index contributed by atoms with van der Waals surface area (Å²) in [4.78, 5) is 10.3. The molecular weight excluding hydrogens is 214 g/mol. The molecule has 0 heterocycles. The molecule has 0 radical (unpaired) electrons. The normalized spacial score (nSPS) is 12.4. The Morgan fingerprint density at radius 3 is 2.53 bits per heavy atom. The van der Waals surface area contributed by atoms with Gasteiger partial charge in [-0.15, -0.1) is 0 Å². The average molecular weight is 235 g/mol. The van der Waals surface area contributed by atoms with Crippen LogP contribution >= 0.6 is 0 Å². The third-order valence-electron chi connectivity index (χ3n) is 3.01. The van der Waals surface area contributed by atoms with E-state index in [-0.39, 0.29) is 6.42 Å². The lowest BCUT2D eigenvalue weighted by atomic mass is 9.98. The van der Waals surface area contributed by atoms with E-state index in [2.05, 4.69) is 43.4 Å². The van der Waals surface area contributed by atoms with E-state index in [1.54, 1.807) is 0 Å². The fourth-order valence-electron chi connectivity index (χ4n) is 1.63. The van der Waals surface area contributed by atoms with Crippen molar-refractivity contribution in [2.24, 2.45) is 0 Å². The van der Waals surface area contributed by atoms with Gasteiger partial charge in [-0.2, -0.15) is 0 Å². The summed E-state index contributed by atoms with van der Waals surface area (Å²) >= 11 is 0.